The van der Waals surface area contributed by atoms with Gasteiger partial charge in [0.1, 0.15) is 0 Å². The third-order valence-electron chi connectivity index (χ3n) is 0. The van der Waals surface area contributed by atoms with Gasteiger partial charge in [0.2, 0.25) is 0 Å². The van der Waals surface area contributed by atoms with E-state index in [0.717, 1.165) is 0 Å². The van der Waals surface area contributed by atoms with E-state index in [1.807, 2.05) is 0 Å². The van der Waals surface area contributed by atoms with Crippen LogP contribution in [0, 0.1) is 35.6 Å². The van der Waals surface area contributed by atoms with Crippen molar-refractivity contribution in [2.45, 2.75) is 0 Å². The minimum Gasteiger partial charge on any atom is 0 e. The summed E-state index contributed by atoms with van der Waals surface area (Å²) >= 11 is 0. The van der Waals surface area contributed by atoms with Crippen molar-refractivity contribution < 1.29 is 76.8 Å². The molecule has 0 rings (SSSR count). The Balaban J connectivity index is 0. The Kier molecular flexibility index (Phi) is 105. The van der Waals surface area contributed by atoms with Crippen LogP contribution in [-0.4, -0.2) is 27.3 Å². The maximum atomic E-state index is 0. The van der Waals surface area contributed by atoms with E-state index < -0.39 is 0 Å². The van der Waals surface area contributed by atoms with Crippen molar-refractivity contribution in [3.05, 3.63) is 0 Å². The Morgan fingerprint density at radius 3 is 1.00 bits per heavy atom. The van der Waals surface area contributed by atoms with Gasteiger partial charge >= 0.3 is 27.3 Å². The van der Waals surface area contributed by atoms with Crippen molar-refractivity contribution in [3.63, 3.8) is 0 Å². The molecule has 0 atom stereocenters. The van der Waals surface area contributed by atoms with Gasteiger partial charge in [-0.2, -0.15) is 0 Å². The summed E-state index contributed by atoms with van der Waals surface area (Å²) in [5.74, 6) is 0. The van der Waals surface area contributed by atoms with Crippen molar-refractivity contribution in [2.24, 2.45) is 0 Å². The molecule has 0 aromatic carbocycles. The molecule has 0 fully saturated rings. The Labute approximate surface area is 102 Å². The van der Waals surface area contributed by atoms with Crippen LogP contribution in [0.3, 0.4) is 0 Å². The van der Waals surface area contributed by atoms with Crippen LogP contribution in [0.1, 0.15) is 0 Å². The minimum absolute atomic E-state index is 0. The van der Waals surface area contributed by atoms with Gasteiger partial charge in [-0.3, -0.25) is 0 Å². The smallest absolute Gasteiger partial charge is 0 e. The van der Waals surface area contributed by atoms with Crippen LogP contribution < -0.4 is 0 Å². The summed E-state index contributed by atoms with van der Waals surface area (Å²) < 4.78 is 0. The van der Waals surface area contributed by atoms with Crippen LogP contribution in [0.4, 0.5) is 0 Å². The molecule has 0 aliphatic heterocycles. The molecule has 0 bridgehead atoms. The van der Waals surface area contributed by atoms with E-state index in [1.54, 1.807) is 0 Å². The molecule has 3 radical (unpaired) electrons. The average molecular weight is 461 g/mol. The quantitative estimate of drug-likeness (QED) is 0.410. The second-order valence-corrected chi connectivity index (χ2v) is 0. The first kappa shape index (κ1) is 26.0. The molecule has 0 aromatic heterocycles. The van der Waals surface area contributed by atoms with Gasteiger partial charge < -0.3 is 0 Å². The molecule has 0 aliphatic carbocycles. The van der Waals surface area contributed by atoms with Gasteiger partial charge in [-0.15, -0.1) is 0 Å². The monoisotopic (exact) mass is 461 g/mol. The first-order valence-corrected chi connectivity index (χ1v) is 0. The van der Waals surface area contributed by atoms with Crippen molar-refractivity contribution in [1.29, 1.82) is 0 Å². The third kappa shape index (κ3) is 9.07. The summed E-state index contributed by atoms with van der Waals surface area (Å²) in [5, 5.41) is 0. The topological polar surface area (TPSA) is 0 Å². The SMILES string of the molecule is [La].[PbH2].[Ti].[Zn]. The molecule has 0 N–H and O–H groups in total. The molecule has 0 heterocycles. The molecule has 0 aromatic rings. The fourth-order valence-electron chi connectivity index (χ4n) is 0. The summed E-state index contributed by atoms with van der Waals surface area (Å²) in [6, 6.07) is 0. The standard InChI is InChI=1S/La.Pb.Ti.Zn.2H. The van der Waals surface area contributed by atoms with E-state index >= 15 is 0 Å². The molecule has 0 saturated heterocycles. The van der Waals surface area contributed by atoms with Crippen LogP contribution >= 0.6 is 0 Å². The molecular formula is H2LaPbTiZn. The molecule has 4 heteroatoms. The van der Waals surface area contributed by atoms with E-state index in [-0.39, 0.29) is 104 Å². The minimum atomic E-state index is 0. The first-order chi connectivity index (χ1) is 0. The maximum absolute atomic E-state index is 0. The van der Waals surface area contributed by atoms with Crippen LogP contribution in [0.2, 0.25) is 0 Å². The van der Waals surface area contributed by atoms with Gasteiger partial charge in [0.25, 0.3) is 0 Å². The van der Waals surface area contributed by atoms with Gasteiger partial charge in [-0.1, -0.05) is 0 Å². The van der Waals surface area contributed by atoms with E-state index in [2.05, 4.69) is 0 Å². The molecule has 4 heavy (non-hydrogen) atoms. The van der Waals surface area contributed by atoms with E-state index in [9.17, 15) is 0 Å². The van der Waals surface area contributed by atoms with Crippen molar-refractivity contribution in [2.75, 3.05) is 0 Å². The number of hydrogen-bond acceptors (Lipinski definition) is 0. The predicted molar refractivity (Wildman–Crippen MR) is 8.54 cm³/mol. The average Bonchev–Trinajstić information content (AvgIpc) is 0. The molecular weight excluding hydrogens is 459 g/mol. The largest absolute Gasteiger partial charge is 0 e. The Morgan fingerprint density at radius 1 is 1.00 bits per heavy atom. The second-order valence-electron chi connectivity index (χ2n) is 0. The first-order valence-electron chi connectivity index (χ1n) is 0. The van der Waals surface area contributed by atoms with Gasteiger partial charge in [0.15, 0.2) is 0 Å². The summed E-state index contributed by atoms with van der Waals surface area (Å²) in [5.41, 5.74) is 0. The molecule has 0 aliphatic rings. The summed E-state index contributed by atoms with van der Waals surface area (Å²) in [6.07, 6.45) is 0. The summed E-state index contributed by atoms with van der Waals surface area (Å²) in [6.45, 7) is 0. The summed E-state index contributed by atoms with van der Waals surface area (Å²) in [7, 11) is 0. The molecule has 0 unspecified atom stereocenters. The zero-order valence-electron chi connectivity index (χ0n) is 2.49. The van der Waals surface area contributed by atoms with Gasteiger partial charge in [-0.25, -0.2) is 0 Å². The molecule has 0 spiro atoms. The molecule has 0 amide bonds. The van der Waals surface area contributed by atoms with E-state index in [1.165, 1.54) is 0 Å². The van der Waals surface area contributed by atoms with Gasteiger partial charge in [0.05, 0.1) is 0 Å². The zero-order valence-corrected chi connectivity index (χ0v) is 16.1. The Hall–Kier alpha value is 3.45. The Morgan fingerprint density at radius 2 is 1.00 bits per heavy atom. The second kappa shape index (κ2) is 16.1. The number of rotatable bonds is 0. The van der Waals surface area contributed by atoms with Crippen molar-refractivity contribution in [1.82, 2.24) is 0 Å². The summed E-state index contributed by atoms with van der Waals surface area (Å²) in [4.78, 5) is 0. The van der Waals surface area contributed by atoms with Crippen molar-refractivity contribution in [3.8, 4) is 0 Å². The predicted octanol–water partition coefficient (Wildman–Crippen LogP) is -0.921. The van der Waals surface area contributed by atoms with Crippen LogP contribution in [0.25, 0.3) is 0 Å². The molecule has 0 nitrogen and oxygen atoms in total. The molecule has 15 valence electrons. The van der Waals surface area contributed by atoms with E-state index in [4.69, 9.17) is 0 Å². The van der Waals surface area contributed by atoms with Crippen LogP contribution in [0.5, 0.6) is 0 Å². The third-order valence-corrected chi connectivity index (χ3v) is 0. The fourth-order valence-corrected chi connectivity index (χ4v) is 0. The zero-order chi connectivity index (χ0) is 0. The van der Waals surface area contributed by atoms with E-state index in [0.29, 0.717) is 0 Å². The normalized spacial score (nSPS) is 0. The van der Waals surface area contributed by atoms with Gasteiger partial charge in [0, 0.05) is 76.8 Å². The molecule has 0 saturated carbocycles. The Bertz CT molecular complexity index is 8.00. The fraction of sp³-hybridized carbons (Fsp3) is 0. The van der Waals surface area contributed by atoms with Crippen LogP contribution in [-0.2, 0) is 41.2 Å². The van der Waals surface area contributed by atoms with Crippen LogP contribution in [0.15, 0.2) is 0 Å². The van der Waals surface area contributed by atoms with Gasteiger partial charge in [-0.05, 0) is 0 Å². The maximum Gasteiger partial charge on any atom is 0 e. The number of hydrogen-bond donors (Lipinski definition) is 0. The van der Waals surface area contributed by atoms with Crippen molar-refractivity contribution >= 4 is 27.3 Å².